The van der Waals surface area contributed by atoms with Crippen LogP contribution in [0.5, 0.6) is 0 Å². The molecule has 0 amide bonds. The normalized spacial score (nSPS) is 14.0. The van der Waals surface area contributed by atoms with Crippen molar-refractivity contribution in [3.05, 3.63) is 33.9 Å². The largest absolute Gasteiger partial charge is 0.604 e. The maximum Gasteiger partial charge on any atom is 0.578 e. The number of anilines is 1. The predicted octanol–water partition coefficient (Wildman–Crippen LogP) is 4.41. The first-order valence-electron chi connectivity index (χ1n) is 5.72. The minimum Gasteiger partial charge on any atom is -0.604 e. The molecule has 0 saturated carbocycles. The van der Waals surface area contributed by atoms with Gasteiger partial charge in [0.05, 0.1) is 21.8 Å². The van der Waals surface area contributed by atoms with Crippen molar-refractivity contribution in [2.24, 2.45) is 0 Å². The number of rotatable bonds is 2. The second kappa shape index (κ2) is 6.21. The van der Waals surface area contributed by atoms with E-state index >= 15 is 0 Å². The molecule has 4 nitrogen and oxygen atoms in total. The van der Waals surface area contributed by atoms with E-state index in [1.165, 1.54) is 0 Å². The van der Waals surface area contributed by atoms with Crippen LogP contribution >= 0.6 is 23.2 Å². The zero-order valence-corrected chi connectivity index (χ0v) is 13.4. The molecule has 0 fully saturated rings. The fourth-order valence-corrected chi connectivity index (χ4v) is 3.04. The predicted molar refractivity (Wildman–Crippen MR) is 75.5 cm³/mol. The smallest absolute Gasteiger partial charge is 0.578 e. The highest BCUT2D eigenvalue weighted by Crippen LogP contribution is 2.39. The molecule has 0 aliphatic carbocycles. The molecule has 132 valence electrons. The maximum atomic E-state index is 12.7. The second-order valence-electron chi connectivity index (χ2n) is 4.32. The van der Waals surface area contributed by atoms with Gasteiger partial charge in [-0.15, -0.1) is 18.3 Å². The Bertz CT molecular complexity index is 753. The molecule has 2 aromatic rings. The molecule has 1 heterocycles. The Kier molecular flexibility index (Phi) is 4.92. The van der Waals surface area contributed by atoms with E-state index in [2.05, 4.69) is 5.10 Å². The average molecular weight is 412 g/mol. The molecule has 13 heteroatoms. The van der Waals surface area contributed by atoms with Crippen molar-refractivity contribution in [2.45, 2.75) is 16.6 Å². The fourth-order valence-electron chi connectivity index (χ4n) is 1.70. The molecule has 0 spiro atoms. The summed E-state index contributed by atoms with van der Waals surface area (Å²) in [4.78, 5) is -0.866. The van der Waals surface area contributed by atoms with Crippen molar-refractivity contribution in [1.29, 1.82) is 0 Å². The Morgan fingerprint density at radius 1 is 1.08 bits per heavy atom. The molecule has 0 saturated heterocycles. The average Bonchev–Trinajstić information content (AvgIpc) is 2.76. The van der Waals surface area contributed by atoms with Crippen molar-refractivity contribution >= 4 is 40.2 Å². The van der Waals surface area contributed by atoms with Crippen LogP contribution in [0, 0.1) is 0 Å². The van der Waals surface area contributed by atoms with Gasteiger partial charge in [0.15, 0.2) is 0 Å². The van der Waals surface area contributed by atoms with Crippen LogP contribution in [0.1, 0.15) is 5.56 Å². The quantitative estimate of drug-likeness (QED) is 0.587. The van der Waals surface area contributed by atoms with E-state index < -0.39 is 49.2 Å². The Morgan fingerprint density at radius 3 is 2.00 bits per heavy atom. The van der Waals surface area contributed by atoms with Crippen molar-refractivity contribution in [2.75, 3.05) is 5.73 Å². The minimum absolute atomic E-state index is 0.330. The number of nitrogen functional groups attached to an aromatic ring is 1. The van der Waals surface area contributed by atoms with Crippen LogP contribution in [0.2, 0.25) is 10.0 Å². The summed E-state index contributed by atoms with van der Waals surface area (Å²) in [6, 6.07) is 1.06. The summed E-state index contributed by atoms with van der Waals surface area (Å²) >= 11 is 7.97. The lowest BCUT2D eigenvalue weighted by molar-refractivity contribution is -0.137. The lowest BCUT2D eigenvalue weighted by Crippen LogP contribution is -2.23. The summed E-state index contributed by atoms with van der Waals surface area (Å²) in [6.07, 6.45) is -4.09. The van der Waals surface area contributed by atoms with Gasteiger partial charge < -0.3 is 10.3 Å². The van der Waals surface area contributed by atoms with E-state index in [-0.39, 0.29) is 5.69 Å². The summed E-state index contributed by atoms with van der Waals surface area (Å²) in [6.45, 7) is 0. The molecule has 0 aliphatic heterocycles. The molecule has 2 rings (SSSR count). The zero-order chi connectivity index (χ0) is 18.4. The van der Waals surface area contributed by atoms with E-state index in [9.17, 15) is 30.9 Å². The lowest BCUT2D eigenvalue weighted by Gasteiger charge is -2.12. The zero-order valence-electron chi connectivity index (χ0n) is 11.0. The van der Waals surface area contributed by atoms with Crippen LogP contribution in [0.25, 0.3) is 5.69 Å². The summed E-state index contributed by atoms with van der Waals surface area (Å²) in [7, 11) is 0. The van der Waals surface area contributed by atoms with Gasteiger partial charge in [0.25, 0.3) is 0 Å². The van der Waals surface area contributed by atoms with Gasteiger partial charge >= 0.3 is 11.7 Å². The van der Waals surface area contributed by atoms with Gasteiger partial charge in [0, 0.05) is 0 Å². The number of benzene rings is 1. The second-order valence-corrected chi connectivity index (χ2v) is 6.58. The first-order chi connectivity index (χ1) is 10.8. The summed E-state index contributed by atoms with van der Waals surface area (Å²) in [5.41, 5.74) is -1.29. The standard InChI is InChI=1S/C11H5Cl2F6N3OS/c12-5-1-4(10(14,15)16)2-6(13)8(5)22-3-7(9(20)21-22)24(23)11(17,18)19/h1-3H,(H2,20,21). The first-order valence-corrected chi connectivity index (χ1v) is 7.63. The highest BCUT2D eigenvalue weighted by molar-refractivity contribution is 7.92. The Labute approximate surface area is 143 Å². The van der Waals surface area contributed by atoms with Gasteiger partial charge in [0.2, 0.25) is 10.7 Å². The molecule has 1 atom stereocenters. The van der Waals surface area contributed by atoms with Gasteiger partial charge in [-0.3, -0.25) is 0 Å². The molecule has 24 heavy (non-hydrogen) atoms. The summed E-state index contributed by atoms with van der Waals surface area (Å²) in [5, 5.41) is 2.43. The Hall–Kier alpha value is -1.30. The monoisotopic (exact) mass is 411 g/mol. The van der Waals surface area contributed by atoms with Crippen molar-refractivity contribution < 1.29 is 30.9 Å². The highest BCUT2D eigenvalue weighted by atomic mass is 35.5. The van der Waals surface area contributed by atoms with E-state index in [4.69, 9.17) is 28.9 Å². The van der Waals surface area contributed by atoms with Crippen LogP contribution in [0.4, 0.5) is 32.2 Å². The third-order valence-corrected chi connectivity index (χ3v) is 4.40. The van der Waals surface area contributed by atoms with Crippen LogP contribution in [0.3, 0.4) is 0 Å². The van der Waals surface area contributed by atoms with Gasteiger partial charge in [0.1, 0.15) is 16.9 Å². The molecular weight excluding hydrogens is 407 g/mol. The molecule has 1 aromatic carbocycles. The van der Waals surface area contributed by atoms with Gasteiger partial charge in [-0.25, -0.2) is 4.68 Å². The maximum absolute atomic E-state index is 12.7. The first kappa shape index (κ1) is 19.0. The Balaban J connectivity index is 2.55. The number of aromatic nitrogens is 2. The third-order valence-electron chi connectivity index (χ3n) is 2.69. The molecule has 1 unspecified atom stereocenters. The number of hydrogen-bond acceptors (Lipinski definition) is 3. The SMILES string of the molecule is Nc1nn(-c2c(Cl)cc(C(F)(F)F)cc2Cl)cc1[S+]([O-])C(F)(F)F. The number of hydrogen-bond donors (Lipinski definition) is 1. The van der Waals surface area contributed by atoms with Crippen LogP contribution < -0.4 is 5.73 Å². The Morgan fingerprint density at radius 2 is 1.58 bits per heavy atom. The molecule has 1 aromatic heterocycles. The van der Waals surface area contributed by atoms with E-state index in [1.54, 1.807) is 0 Å². The van der Waals surface area contributed by atoms with Crippen molar-refractivity contribution in [1.82, 2.24) is 9.78 Å². The van der Waals surface area contributed by atoms with E-state index in [1.807, 2.05) is 0 Å². The van der Waals surface area contributed by atoms with Crippen molar-refractivity contribution in [3.8, 4) is 5.69 Å². The van der Waals surface area contributed by atoms with E-state index in [0.29, 0.717) is 23.0 Å². The topological polar surface area (TPSA) is 66.9 Å². The van der Waals surface area contributed by atoms with Crippen LogP contribution in [0.15, 0.2) is 23.2 Å². The van der Waals surface area contributed by atoms with Crippen LogP contribution in [-0.2, 0) is 17.4 Å². The van der Waals surface area contributed by atoms with Gasteiger partial charge in [-0.1, -0.05) is 23.2 Å². The molecule has 0 bridgehead atoms. The molecule has 2 N–H and O–H groups in total. The summed E-state index contributed by atoms with van der Waals surface area (Å²) < 4.78 is 87.4. The fraction of sp³-hybridized carbons (Fsp3) is 0.182. The van der Waals surface area contributed by atoms with E-state index in [0.717, 1.165) is 0 Å². The van der Waals surface area contributed by atoms with Crippen molar-refractivity contribution in [3.63, 3.8) is 0 Å². The highest BCUT2D eigenvalue weighted by Gasteiger charge is 2.48. The third kappa shape index (κ3) is 3.68. The number of nitrogens with zero attached hydrogens (tertiary/aromatic N) is 2. The van der Waals surface area contributed by atoms with Crippen LogP contribution in [-0.4, -0.2) is 19.8 Å². The number of nitrogens with two attached hydrogens (primary N) is 1. The summed E-state index contributed by atoms with van der Waals surface area (Å²) in [5.74, 6) is -0.724. The molecule has 0 radical (unpaired) electrons. The molecule has 0 aliphatic rings. The van der Waals surface area contributed by atoms with Gasteiger partial charge in [-0.05, 0) is 12.1 Å². The lowest BCUT2D eigenvalue weighted by atomic mass is 10.2. The van der Waals surface area contributed by atoms with Gasteiger partial charge in [-0.2, -0.15) is 13.2 Å². The number of alkyl halides is 6. The minimum atomic E-state index is -5.09. The number of halogens is 8. The molecular formula is C11H5Cl2F6N3OS.